The van der Waals surface area contributed by atoms with Gasteiger partial charge in [-0.2, -0.15) is 5.26 Å². The highest BCUT2D eigenvalue weighted by atomic mass is 32.2. The van der Waals surface area contributed by atoms with E-state index >= 15 is 0 Å². The molecule has 1 amide bonds. The molecule has 2 aromatic rings. The van der Waals surface area contributed by atoms with E-state index in [1.54, 1.807) is 24.3 Å². The molecule has 1 aromatic carbocycles. The average molecular weight is 286 g/mol. The van der Waals surface area contributed by atoms with Crippen molar-refractivity contribution >= 4 is 17.7 Å². The number of benzene rings is 1. The van der Waals surface area contributed by atoms with Gasteiger partial charge >= 0.3 is 0 Å². The van der Waals surface area contributed by atoms with Gasteiger partial charge in [0.2, 0.25) is 5.91 Å². The van der Waals surface area contributed by atoms with Gasteiger partial charge in [-0.3, -0.25) is 9.59 Å². The molecule has 0 aliphatic heterocycles. The number of aromatic amines is 1. The van der Waals surface area contributed by atoms with E-state index in [4.69, 9.17) is 11.0 Å². The van der Waals surface area contributed by atoms with Crippen LogP contribution in [0.15, 0.2) is 40.3 Å². The van der Waals surface area contributed by atoms with Crippen molar-refractivity contribution in [2.45, 2.75) is 5.16 Å². The molecule has 100 valence electrons. The molecule has 0 bridgehead atoms. The summed E-state index contributed by atoms with van der Waals surface area (Å²) in [5, 5.41) is 9.33. The Hall–Kier alpha value is -2.59. The van der Waals surface area contributed by atoms with Crippen molar-refractivity contribution in [3.8, 4) is 17.3 Å². The first-order valence-electron chi connectivity index (χ1n) is 5.62. The number of nitrogens with one attached hydrogen (secondary N) is 1. The number of hydrogen-bond acceptors (Lipinski definition) is 5. The highest BCUT2D eigenvalue weighted by Crippen LogP contribution is 2.21. The number of primary amides is 1. The second-order valence-corrected chi connectivity index (χ2v) is 4.79. The predicted molar refractivity (Wildman–Crippen MR) is 74.9 cm³/mol. The maximum atomic E-state index is 11.9. The van der Waals surface area contributed by atoms with E-state index in [0.717, 1.165) is 11.8 Å². The van der Waals surface area contributed by atoms with Gasteiger partial charge in [0.05, 0.1) is 11.4 Å². The zero-order valence-electron chi connectivity index (χ0n) is 10.3. The molecule has 0 fully saturated rings. The molecule has 20 heavy (non-hydrogen) atoms. The van der Waals surface area contributed by atoms with E-state index in [0.29, 0.717) is 11.3 Å². The number of carbonyl (C=O) groups excluding carboxylic acids is 1. The van der Waals surface area contributed by atoms with Gasteiger partial charge < -0.3 is 10.7 Å². The van der Waals surface area contributed by atoms with Crippen LogP contribution in [0.4, 0.5) is 0 Å². The van der Waals surface area contributed by atoms with Crippen molar-refractivity contribution in [1.29, 1.82) is 5.26 Å². The molecule has 0 unspecified atom stereocenters. The maximum Gasteiger partial charge on any atom is 0.270 e. The maximum absolute atomic E-state index is 11.9. The van der Waals surface area contributed by atoms with Crippen LogP contribution in [0.3, 0.4) is 0 Å². The van der Waals surface area contributed by atoms with Crippen LogP contribution in [0.1, 0.15) is 5.56 Å². The fraction of sp³-hybridized carbons (Fsp3) is 0.0769. The normalized spacial score (nSPS) is 9.95. The summed E-state index contributed by atoms with van der Waals surface area (Å²) in [6.45, 7) is 0. The van der Waals surface area contributed by atoms with Crippen LogP contribution in [0.5, 0.6) is 0 Å². The summed E-state index contributed by atoms with van der Waals surface area (Å²) in [4.78, 5) is 29.3. The number of nitrogens with zero attached hydrogens (tertiary/aromatic N) is 2. The Morgan fingerprint density at radius 2 is 2.10 bits per heavy atom. The zero-order valence-corrected chi connectivity index (χ0v) is 11.1. The Balaban J connectivity index is 2.52. The van der Waals surface area contributed by atoms with E-state index in [1.165, 1.54) is 0 Å². The van der Waals surface area contributed by atoms with Gasteiger partial charge in [0, 0.05) is 5.56 Å². The summed E-state index contributed by atoms with van der Waals surface area (Å²) >= 11 is 1.02. The first kappa shape index (κ1) is 13.8. The van der Waals surface area contributed by atoms with Gasteiger partial charge in [-0.15, -0.1) is 0 Å². The van der Waals surface area contributed by atoms with Crippen LogP contribution < -0.4 is 11.3 Å². The lowest BCUT2D eigenvalue weighted by atomic mass is 10.1. The van der Waals surface area contributed by atoms with Gasteiger partial charge in [0.25, 0.3) is 5.56 Å². The third-order valence-corrected chi connectivity index (χ3v) is 3.30. The first-order valence-corrected chi connectivity index (χ1v) is 6.61. The summed E-state index contributed by atoms with van der Waals surface area (Å²) in [6, 6.07) is 10.8. The lowest BCUT2D eigenvalue weighted by Crippen LogP contribution is -2.17. The Kier molecular flexibility index (Phi) is 4.17. The van der Waals surface area contributed by atoms with Crippen molar-refractivity contribution in [3.63, 3.8) is 0 Å². The minimum absolute atomic E-state index is 0.00305. The van der Waals surface area contributed by atoms with E-state index in [1.807, 2.05) is 12.1 Å². The summed E-state index contributed by atoms with van der Waals surface area (Å²) in [6.07, 6.45) is 0. The number of amides is 1. The van der Waals surface area contributed by atoms with Crippen LogP contribution >= 0.6 is 11.8 Å². The van der Waals surface area contributed by atoms with Gasteiger partial charge in [-0.25, -0.2) is 4.98 Å². The number of thioether (sulfide) groups is 1. The lowest BCUT2D eigenvalue weighted by molar-refractivity contribution is -0.115. The molecule has 2 rings (SSSR count). The molecular weight excluding hydrogens is 276 g/mol. The number of hydrogen-bond donors (Lipinski definition) is 2. The third-order valence-electron chi connectivity index (χ3n) is 2.41. The fourth-order valence-electron chi connectivity index (χ4n) is 1.57. The van der Waals surface area contributed by atoms with Crippen molar-refractivity contribution in [1.82, 2.24) is 9.97 Å². The molecule has 7 heteroatoms. The molecule has 1 aromatic heterocycles. The highest BCUT2D eigenvalue weighted by molar-refractivity contribution is 7.99. The Labute approximate surface area is 118 Å². The van der Waals surface area contributed by atoms with E-state index in [9.17, 15) is 9.59 Å². The van der Waals surface area contributed by atoms with Crippen molar-refractivity contribution < 1.29 is 4.79 Å². The van der Waals surface area contributed by atoms with E-state index in [2.05, 4.69) is 9.97 Å². The van der Waals surface area contributed by atoms with Crippen molar-refractivity contribution in [2.24, 2.45) is 5.73 Å². The molecule has 1 heterocycles. The van der Waals surface area contributed by atoms with Crippen LogP contribution in [-0.2, 0) is 4.79 Å². The Bertz CT molecular complexity index is 734. The summed E-state index contributed by atoms with van der Waals surface area (Å²) in [5.74, 6) is -0.508. The minimum Gasteiger partial charge on any atom is -0.369 e. The molecule has 0 spiro atoms. The molecule has 0 atom stereocenters. The van der Waals surface area contributed by atoms with Crippen molar-refractivity contribution in [2.75, 3.05) is 5.75 Å². The largest absolute Gasteiger partial charge is 0.369 e. The number of nitriles is 1. The molecule has 0 saturated carbocycles. The van der Waals surface area contributed by atoms with Crippen LogP contribution in [0.25, 0.3) is 11.3 Å². The van der Waals surface area contributed by atoms with Gasteiger partial charge in [-0.1, -0.05) is 42.1 Å². The molecule has 0 aliphatic rings. The van der Waals surface area contributed by atoms with Gasteiger partial charge in [0.15, 0.2) is 5.16 Å². The third kappa shape index (κ3) is 3.05. The lowest BCUT2D eigenvalue weighted by Gasteiger charge is -2.05. The molecule has 0 saturated heterocycles. The predicted octanol–water partition coefficient (Wildman–Crippen LogP) is 0.886. The van der Waals surface area contributed by atoms with E-state index < -0.39 is 11.5 Å². The average Bonchev–Trinajstić information content (AvgIpc) is 2.45. The molecule has 3 N–H and O–H groups in total. The Morgan fingerprint density at radius 1 is 1.40 bits per heavy atom. The smallest absolute Gasteiger partial charge is 0.270 e. The second-order valence-electron chi connectivity index (χ2n) is 3.83. The Morgan fingerprint density at radius 3 is 2.70 bits per heavy atom. The molecule has 0 aliphatic carbocycles. The first-order chi connectivity index (χ1) is 9.61. The van der Waals surface area contributed by atoms with Crippen LogP contribution in [0, 0.1) is 11.3 Å². The summed E-state index contributed by atoms with van der Waals surface area (Å²) in [7, 11) is 0. The van der Waals surface area contributed by atoms with Gasteiger partial charge in [-0.05, 0) is 0 Å². The van der Waals surface area contributed by atoms with Crippen molar-refractivity contribution in [3.05, 3.63) is 46.2 Å². The van der Waals surface area contributed by atoms with Crippen LogP contribution in [0.2, 0.25) is 0 Å². The molecular formula is C13H10N4O2S. The number of aromatic nitrogens is 2. The monoisotopic (exact) mass is 286 g/mol. The quantitative estimate of drug-likeness (QED) is 0.640. The number of rotatable bonds is 4. The number of nitrogens with two attached hydrogens (primary N) is 1. The fourth-order valence-corrected chi connectivity index (χ4v) is 2.17. The zero-order chi connectivity index (χ0) is 14.5. The number of H-pyrrole nitrogens is 1. The van der Waals surface area contributed by atoms with Crippen LogP contribution in [-0.4, -0.2) is 21.6 Å². The molecule has 0 radical (unpaired) electrons. The second kappa shape index (κ2) is 6.04. The van der Waals surface area contributed by atoms with Gasteiger partial charge in [0.1, 0.15) is 11.6 Å². The topological polar surface area (TPSA) is 113 Å². The highest BCUT2D eigenvalue weighted by Gasteiger charge is 2.13. The number of carbonyl (C=O) groups is 1. The van der Waals surface area contributed by atoms with E-state index in [-0.39, 0.29) is 16.5 Å². The SMILES string of the molecule is N#Cc1c(-c2ccccc2)nc(SCC(N)=O)[nH]c1=O. The molecule has 6 nitrogen and oxygen atoms in total. The summed E-state index contributed by atoms with van der Waals surface area (Å²) < 4.78 is 0. The standard InChI is InChI=1S/C13H10N4O2S/c14-6-9-11(8-4-2-1-3-5-8)16-13(17-12(9)19)20-7-10(15)18/h1-5H,7H2,(H2,15,18)(H,16,17,19). The summed E-state index contributed by atoms with van der Waals surface area (Å²) in [5.41, 5.74) is 5.42. The minimum atomic E-state index is -0.534.